The Hall–Kier alpha value is -1.30. The van der Waals surface area contributed by atoms with Crippen molar-refractivity contribution in [3.8, 4) is 11.5 Å². The molecule has 2 atom stereocenters. The molecule has 0 unspecified atom stereocenters. The van der Waals surface area contributed by atoms with Crippen molar-refractivity contribution in [3.05, 3.63) is 23.8 Å². The van der Waals surface area contributed by atoms with E-state index >= 15 is 0 Å². The average Bonchev–Trinajstić information content (AvgIpc) is 2.37. The van der Waals surface area contributed by atoms with Gasteiger partial charge in [0.05, 0.1) is 26.9 Å². The van der Waals surface area contributed by atoms with E-state index in [2.05, 4.69) is 0 Å². The van der Waals surface area contributed by atoms with Crippen LogP contribution in [0.3, 0.4) is 0 Å². The molecule has 5 nitrogen and oxygen atoms in total. The number of rotatable bonds is 6. The lowest BCUT2D eigenvalue weighted by Crippen LogP contribution is -2.26. The van der Waals surface area contributed by atoms with Gasteiger partial charge in [-0.2, -0.15) is 0 Å². The van der Waals surface area contributed by atoms with Gasteiger partial charge in [-0.1, -0.05) is 6.07 Å². The molecule has 0 saturated carbocycles. The quantitative estimate of drug-likeness (QED) is 0.673. The predicted molar refractivity (Wildman–Crippen MR) is 64.2 cm³/mol. The number of hydrogen-bond donors (Lipinski definition) is 3. The summed E-state index contributed by atoms with van der Waals surface area (Å²) in [5.41, 5.74) is 6.26. The molecule has 0 aromatic heterocycles. The van der Waals surface area contributed by atoms with Crippen molar-refractivity contribution in [3.63, 3.8) is 0 Å². The lowest BCUT2D eigenvalue weighted by atomic mass is 10.0. The maximum atomic E-state index is 9.92. The van der Waals surface area contributed by atoms with Crippen molar-refractivity contribution in [1.82, 2.24) is 0 Å². The Morgan fingerprint density at radius 1 is 1.24 bits per heavy atom. The molecule has 1 rings (SSSR count). The van der Waals surface area contributed by atoms with Crippen LogP contribution in [0, 0.1) is 0 Å². The van der Waals surface area contributed by atoms with Crippen LogP contribution in [0.2, 0.25) is 0 Å². The predicted octanol–water partition coefficient (Wildman–Crippen LogP) is 0.447. The Balaban J connectivity index is 2.84. The molecular formula is C12H19NO4. The molecule has 0 radical (unpaired) electrons. The summed E-state index contributed by atoms with van der Waals surface area (Å²) in [4.78, 5) is 0. The zero-order chi connectivity index (χ0) is 12.8. The minimum Gasteiger partial charge on any atom is -0.493 e. The van der Waals surface area contributed by atoms with Gasteiger partial charge in [0.25, 0.3) is 0 Å². The summed E-state index contributed by atoms with van der Waals surface area (Å²) in [6.07, 6.45) is -0.427. The second-order valence-corrected chi connectivity index (χ2v) is 3.81. The molecule has 0 aliphatic heterocycles. The highest BCUT2D eigenvalue weighted by Crippen LogP contribution is 2.30. The van der Waals surface area contributed by atoms with Gasteiger partial charge in [-0.3, -0.25) is 0 Å². The topological polar surface area (TPSA) is 84.9 Å². The summed E-state index contributed by atoms with van der Waals surface area (Å²) in [5, 5.41) is 18.8. The van der Waals surface area contributed by atoms with Crippen LogP contribution in [-0.4, -0.2) is 37.1 Å². The number of aliphatic hydroxyl groups excluding tert-OH is 2. The van der Waals surface area contributed by atoms with Gasteiger partial charge in [-0.25, -0.2) is 0 Å². The fourth-order valence-electron chi connectivity index (χ4n) is 1.56. The molecule has 0 aliphatic carbocycles. The van der Waals surface area contributed by atoms with Crippen molar-refractivity contribution in [2.24, 2.45) is 5.73 Å². The minimum atomic E-state index is -0.725. The Kier molecular flexibility index (Phi) is 5.21. The molecule has 17 heavy (non-hydrogen) atoms. The van der Waals surface area contributed by atoms with Gasteiger partial charge >= 0.3 is 0 Å². The van der Waals surface area contributed by atoms with Crippen LogP contribution in [0.1, 0.15) is 18.1 Å². The molecule has 5 heteroatoms. The number of aliphatic hydroxyl groups is 2. The maximum Gasteiger partial charge on any atom is 0.161 e. The van der Waals surface area contributed by atoms with Gasteiger partial charge < -0.3 is 25.4 Å². The van der Waals surface area contributed by atoms with Gasteiger partial charge in [0.1, 0.15) is 0 Å². The zero-order valence-corrected chi connectivity index (χ0v) is 10.1. The van der Waals surface area contributed by atoms with Crippen molar-refractivity contribution in [1.29, 1.82) is 0 Å². The summed E-state index contributed by atoms with van der Waals surface area (Å²) >= 11 is 0. The number of nitrogens with two attached hydrogens (primary N) is 1. The maximum absolute atomic E-state index is 9.92. The molecule has 1 aromatic carbocycles. The Labute approximate surface area is 101 Å². The van der Waals surface area contributed by atoms with Crippen LogP contribution in [0.25, 0.3) is 0 Å². The average molecular weight is 241 g/mol. The van der Waals surface area contributed by atoms with E-state index in [9.17, 15) is 5.11 Å². The van der Waals surface area contributed by atoms with E-state index in [-0.39, 0.29) is 6.61 Å². The molecule has 96 valence electrons. The summed E-state index contributed by atoms with van der Waals surface area (Å²) in [5.74, 6) is 1.16. The van der Waals surface area contributed by atoms with Crippen LogP contribution in [0.4, 0.5) is 0 Å². The van der Waals surface area contributed by atoms with Gasteiger partial charge in [-0.05, 0) is 24.1 Å². The normalized spacial score (nSPS) is 14.2. The Morgan fingerprint density at radius 3 is 2.41 bits per heavy atom. The van der Waals surface area contributed by atoms with E-state index in [1.54, 1.807) is 25.3 Å². The zero-order valence-electron chi connectivity index (χ0n) is 10.1. The molecule has 4 N–H and O–H groups in total. The third-order valence-electron chi connectivity index (χ3n) is 2.55. The first-order valence-electron chi connectivity index (χ1n) is 5.38. The number of ether oxygens (including phenoxy) is 2. The second kappa shape index (κ2) is 6.44. The van der Waals surface area contributed by atoms with E-state index < -0.39 is 12.1 Å². The van der Waals surface area contributed by atoms with E-state index in [1.807, 2.05) is 0 Å². The van der Waals surface area contributed by atoms with Gasteiger partial charge in [0.2, 0.25) is 0 Å². The van der Waals surface area contributed by atoms with E-state index in [0.29, 0.717) is 23.5 Å². The first-order valence-corrected chi connectivity index (χ1v) is 5.38. The van der Waals surface area contributed by atoms with E-state index in [1.165, 1.54) is 7.11 Å². The van der Waals surface area contributed by atoms with Crippen LogP contribution < -0.4 is 15.2 Å². The van der Waals surface area contributed by atoms with E-state index in [4.69, 9.17) is 20.3 Å². The molecular weight excluding hydrogens is 222 g/mol. The van der Waals surface area contributed by atoms with Crippen LogP contribution >= 0.6 is 0 Å². The Morgan fingerprint density at radius 2 is 1.88 bits per heavy atom. The van der Waals surface area contributed by atoms with Crippen LogP contribution in [0.5, 0.6) is 11.5 Å². The van der Waals surface area contributed by atoms with Gasteiger partial charge in [-0.15, -0.1) is 0 Å². The summed E-state index contributed by atoms with van der Waals surface area (Å²) < 4.78 is 10.2. The third-order valence-corrected chi connectivity index (χ3v) is 2.55. The van der Waals surface area contributed by atoms with Gasteiger partial charge in [0, 0.05) is 6.04 Å². The van der Waals surface area contributed by atoms with Gasteiger partial charge in [0.15, 0.2) is 11.5 Å². The SMILES string of the molecule is COc1ccc([C@@H](O)C[C@@H](N)CO)cc1OC. The molecule has 0 bridgehead atoms. The van der Waals surface area contributed by atoms with Crippen molar-refractivity contribution >= 4 is 0 Å². The van der Waals surface area contributed by atoms with Crippen LogP contribution in [0.15, 0.2) is 18.2 Å². The molecule has 0 heterocycles. The molecule has 1 aromatic rings. The van der Waals surface area contributed by atoms with Crippen LogP contribution in [-0.2, 0) is 0 Å². The lowest BCUT2D eigenvalue weighted by Gasteiger charge is -2.16. The monoisotopic (exact) mass is 241 g/mol. The number of methoxy groups -OCH3 is 2. The first kappa shape index (κ1) is 13.8. The third kappa shape index (κ3) is 3.59. The first-order chi connectivity index (χ1) is 8.12. The van der Waals surface area contributed by atoms with Crippen molar-refractivity contribution in [2.75, 3.05) is 20.8 Å². The smallest absolute Gasteiger partial charge is 0.161 e. The number of benzene rings is 1. The highest BCUT2D eigenvalue weighted by molar-refractivity contribution is 5.43. The molecule has 0 saturated heterocycles. The molecule has 0 amide bonds. The minimum absolute atomic E-state index is 0.148. The summed E-state index contributed by atoms with van der Waals surface area (Å²) in [6, 6.07) is 4.74. The molecule has 0 spiro atoms. The van der Waals surface area contributed by atoms with E-state index in [0.717, 1.165) is 0 Å². The second-order valence-electron chi connectivity index (χ2n) is 3.81. The molecule has 0 aliphatic rings. The summed E-state index contributed by atoms with van der Waals surface area (Å²) in [7, 11) is 3.09. The molecule has 0 fully saturated rings. The lowest BCUT2D eigenvalue weighted by molar-refractivity contribution is 0.140. The number of hydrogen-bond acceptors (Lipinski definition) is 5. The van der Waals surface area contributed by atoms with Crippen molar-refractivity contribution in [2.45, 2.75) is 18.6 Å². The highest BCUT2D eigenvalue weighted by atomic mass is 16.5. The largest absolute Gasteiger partial charge is 0.493 e. The fourth-order valence-corrected chi connectivity index (χ4v) is 1.56. The standard InChI is InChI=1S/C12H19NO4/c1-16-11-4-3-8(5-12(11)17-2)10(15)6-9(13)7-14/h3-5,9-10,14-15H,6-7,13H2,1-2H3/t9-,10+/m1/s1. The summed E-state index contributed by atoms with van der Waals surface area (Å²) in [6.45, 7) is -0.148. The fraction of sp³-hybridized carbons (Fsp3) is 0.500. The Bertz CT molecular complexity index is 356. The highest BCUT2D eigenvalue weighted by Gasteiger charge is 2.14. The van der Waals surface area contributed by atoms with Crippen molar-refractivity contribution < 1.29 is 19.7 Å².